The summed E-state index contributed by atoms with van der Waals surface area (Å²) in [6.07, 6.45) is 4.57. The SMILES string of the molecule is COCCN(CCC#N)S(=O)(=O)N1CCS[C@@H]2CCCC[C@@H]21. The van der Waals surface area contributed by atoms with Crippen LogP contribution in [0.1, 0.15) is 32.1 Å². The van der Waals surface area contributed by atoms with Crippen molar-refractivity contribution in [3.05, 3.63) is 0 Å². The Balaban J connectivity index is 2.15. The van der Waals surface area contributed by atoms with Crippen molar-refractivity contribution in [1.82, 2.24) is 8.61 Å². The maximum absolute atomic E-state index is 13.0. The summed E-state index contributed by atoms with van der Waals surface area (Å²) in [5.74, 6) is 0.858. The number of ether oxygens (including phenoxy) is 1. The van der Waals surface area contributed by atoms with E-state index in [0.717, 1.165) is 25.0 Å². The maximum atomic E-state index is 13.0. The highest BCUT2D eigenvalue weighted by molar-refractivity contribution is 8.00. The van der Waals surface area contributed by atoms with Gasteiger partial charge in [-0.3, -0.25) is 0 Å². The van der Waals surface area contributed by atoms with E-state index in [4.69, 9.17) is 10.00 Å². The molecule has 0 aromatic rings. The maximum Gasteiger partial charge on any atom is 0.282 e. The number of methoxy groups -OCH3 is 1. The third-order valence-corrected chi connectivity index (χ3v) is 7.78. The number of thioether (sulfide) groups is 1. The summed E-state index contributed by atoms with van der Waals surface area (Å²) in [6, 6.07) is 2.15. The van der Waals surface area contributed by atoms with Crippen LogP contribution in [0.15, 0.2) is 0 Å². The highest BCUT2D eigenvalue weighted by Gasteiger charge is 2.42. The van der Waals surface area contributed by atoms with Crippen molar-refractivity contribution in [3.63, 3.8) is 0 Å². The van der Waals surface area contributed by atoms with Crippen molar-refractivity contribution >= 4 is 22.0 Å². The number of nitrogens with zero attached hydrogens (tertiary/aromatic N) is 3. The summed E-state index contributed by atoms with van der Waals surface area (Å²) in [4.78, 5) is 0. The summed E-state index contributed by atoms with van der Waals surface area (Å²) in [7, 11) is -1.96. The molecule has 0 unspecified atom stereocenters. The van der Waals surface area contributed by atoms with E-state index in [-0.39, 0.29) is 19.0 Å². The quantitative estimate of drug-likeness (QED) is 0.697. The standard InChI is InChI=1S/C14H25N3O3S2/c1-20-11-9-16(8-4-7-15)22(18,19)17-10-12-21-14-6-3-2-5-13(14)17/h13-14H,2-6,8-12H2,1H3/t13-,14+/m0/s1. The second kappa shape index (κ2) is 8.50. The first-order valence-electron chi connectivity index (χ1n) is 7.85. The molecule has 0 aromatic heterocycles. The fourth-order valence-corrected chi connectivity index (χ4v) is 6.68. The van der Waals surface area contributed by atoms with Crippen LogP contribution in [-0.2, 0) is 14.9 Å². The number of hydrogen-bond donors (Lipinski definition) is 0. The lowest BCUT2D eigenvalue weighted by atomic mass is 9.95. The van der Waals surface area contributed by atoms with Crippen molar-refractivity contribution in [1.29, 1.82) is 5.26 Å². The first-order chi connectivity index (χ1) is 10.6. The van der Waals surface area contributed by atoms with Crippen LogP contribution in [0.2, 0.25) is 0 Å². The Morgan fingerprint density at radius 1 is 1.36 bits per heavy atom. The van der Waals surface area contributed by atoms with Crippen molar-refractivity contribution in [2.45, 2.75) is 43.4 Å². The third-order valence-electron chi connectivity index (χ3n) is 4.32. The molecule has 1 saturated carbocycles. The number of hydrogen-bond acceptors (Lipinski definition) is 5. The monoisotopic (exact) mass is 347 g/mol. The average Bonchev–Trinajstić information content (AvgIpc) is 2.54. The molecule has 2 fully saturated rings. The molecule has 0 aromatic carbocycles. The summed E-state index contributed by atoms with van der Waals surface area (Å²) in [5.41, 5.74) is 0. The molecule has 22 heavy (non-hydrogen) atoms. The topological polar surface area (TPSA) is 73.6 Å². The first-order valence-corrected chi connectivity index (χ1v) is 10.3. The molecule has 2 aliphatic rings. The fraction of sp³-hybridized carbons (Fsp3) is 0.929. The van der Waals surface area contributed by atoms with E-state index in [0.29, 0.717) is 24.9 Å². The smallest absolute Gasteiger partial charge is 0.282 e. The van der Waals surface area contributed by atoms with Crippen molar-refractivity contribution in [3.8, 4) is 6.07 Å². The summed E-state index contributed by atoms with van der Waals surface area (Å²) in [6.45, 7) is 1.47. The van der Waals surface area contributed by atoms with Crippen LogP contribution in [0, 0.1) is 11.3 Å². The molecule has 1 heterocycles. The summed E-state index contributed by atoms with van der Waals surface area (Å²) < 4.78 is 34.2. The van der Waals surface area contributed by atoms with Crippen LogP contribution in [0.25, 0.3) is 0 Å². The highest BCUT2D eigenvalue weighted by Crippen LogP contribution is 2.37. The molecule has 2 rings (SSSR count). The van der Waals surface area contributed by atoms with Gasteiger partial charge in [0.15, 0.2) is 0 Å². The van der Waals surface area contributed by atoms with Crippen LogP contribution >= 0.6 is 11.8 Å². The van der Waals surface area contributed by atoms with Crippen LogP contribution in [0.3, 0.4) is 0 Å². The zero-order valence-corrected chi connectivity index (χ0v) is 14.7. The lowest BCUT2D eigenvalue weighted by Gasteiger charge is -2.44. The molecule has 0 bridgehead atoms. The zero-order valence-electron chi connectivity index (χ0n) is 13.1. The van der Waals surface area contributed by atoms with Gasteiger partial charge in [-0.15, -0.1) is 0 Å². The number of fused-ring (bicyclic) bond motifs is 1. The molecular formula is C14H25N3O3S2. The summed E-state index contributed by atoms with van der Waals surface area (Å²) in [5, 5.41) is 9.21. The zero-order chi connectivity index (χ0) is 16.0. The predicted molar refractivity (Wildman–Crippen MR) is 87.8 cm³/mol. The minimum absolute atomic E-state index is 0.115. The minimum atomic E-state index is -3.52. The molecule has 2 atom stereocenters. The van der Waals surface area contributed by atoms with E-state index in [1.54, 1.807) is 11.4 Å². The van der Waals surface area contributed by atoms with Gasteiger partial charge in [-0.1, -0.05) is 12.8 Å². The molecule has 0 spiro atoms. The minimum Gasteiger partial charge on any atom is -0.383 e. The molecule has 0 N–H and O–H groups in total. The van der Waals surface area contributed by atoms with Crippen LogP contribution in [0.5, 0.6) is 0 Å². The lowest BCUT2D eigenvalue weighted by Crippen LogP contribution is -2.56. The largest absolute Gasteiger partial charge is 0.383 e. The van der Waals surface area contributed by atoms with Crippen molar-refractivity contribution < 1.29 is 13.2 Å². The average molecular weight is 348 g/mol. The van der Waals surface area contributed by atoms with Crippen LogP contribution in [0.4, 0.5) is 0 Å². The Labute approximate surface area is 138 Å². The lowest BCUT2D eigenvalue weighted by molar-refractivity contribution is 0.172. The van der Waals surface area contributed by atoms with Crippen LogP contribution < -0.4 is 0 Å². The second-order valence-corrected chi connectivity index (χ2v) is 8.91. The molecule has 8 heteroatoms. The van der Waals surface area contributed by atoms with E-state index >= 15 is 0 Å². The van der Waals surface area contributed by atoms with Gasteiger partial charge in [0, 0.05) is 50.2 Å². The molecular weight excluding hydrogens is 322 g/mol. The van der Waals surface area contributed by atoms with Gasteiger partial charge in [-0.05, 0) is 12.8 Å². The van der Waals surface area contributed by atoms with E-state index in [2.05, 4.69) is 0 Å². The summed E-state index contributed by atoms with van der Waals surface area (Å²) >= 11 is 1.91. The molecule has 1 saturated heterocycles. The Morgan fingerprint density at radius 3 is 2.86 bits per heavy atom. The van der Waals surface area contributed by atoms with Crippen molar-refractivity contribution in [2.75, 3.05) is 39.1 Å². The molecule has 1 aliphatic carbocycles. The van der Waals surface area contributed by atoms with Gasteiger partial charge < -0.3 is 4.74 Å². The Hall–Kier alpha value is -0.330. The van der Waals surface area contributed by atoms with Gasteiger partial charge in [-0.25, -0.2) is 0 Å². The molecule has 0 amide bonds. The normalized spacial score (nSPS) is 26.6. The fourth-order valence-electron chi connectivity index (χ4n) is 3.21. The van der Waals surface area contributed by atoms with E-state index in [9.17, 15) is 8.42 Å². The molecule has 1 aliphatic heterocycles. The van der Waals surface area contributed by atoms with E-state index in [1.165, 1.54) is 10.7 Å². The van der Waals surface area contributed by atoms with E-state index < -0.39 is 10.2 Å². The predicted octanol–water partition coefficient (Wildman–Crippen LogP) is 1.45. The number of nitriles is 1. The highest BCUT2D eigenvalue weighted by atomic mass is 32.2. The molecule has 0 radical (unpaired) electrons. The van der Waals surface area contributed by atoms with Gasteiger partial charge >= 0.3 is 0 Å². The molecule has 6 nitrogen and oxygen atoms in total. The van der Waals surface area contributed by atoms with Gasteiger partial charge in [-0.2, -0.15) is 34.1 Å². The second-order valence-electron chi connectivity index (χ2n) is 5.68. The molecule has 126 valence electrons. The first kappa shape index (κ1) is 18.0. The number of rotatable bonds is 7. The Morgan fingerprint density at radius 2 is 2.14 bits per heavy atom. The van der Waals surface area contributed by atoms with E-state index in [1.807, 2.05) is 17.8 Å². The Bertz CT molecular complexity index is 490. The van der Waals surface area contributed by atoms with Crippen LogP contribution in [-0.4, -0.2) is 67.4 Å². The third kappa shape index (κ3) is 4.15. The van der Waals surface area contributed by atoms with Gasteiger partial charge in [0.1, 0.15) is 0 Å². The Kier molecular flexibility index (Phi) is 6.96. The van der Waals surface area contributed by atoms with Gasteiger partial charge in [0.05, 0.1) is 12.7 Å². The van der Waals surface area contributed by atoms with Gasteiger partial charge in [0.25, 0.3) is 10.2 Å². The van der Waals surface area contributed by atoms with Crippen molar-refractivity contribution in [2.24, 2.45) is 0 Å². The van der Waals surface area contributed by atoms with Gasteiger partial charge in [0.2, 0.25) is 0 Å².